The van der Waals surface area contributed by atoms with Gasteiger partial charge in [-0.1, -0.05) is 37.3 Å². The van der Waals surface area contributed by atoms with Crippen molar-refractivity contribution in [1.82, 2.24) is 14.9 Å². The molecule has 174 valence electrons. The van der Waals surface area contributed by atoms with Crippen LogP contribution in [0.4, 0.5) is 11.6 Å². The number of benzene rings is 1. The molecule has 33 heavy (non-hydrogen) atoms. The lowest BCUT2D eigenvalue weighted by Crippen LogP contribution is -2.46. The molecule has 2 fully saturated rings. The van der Waals surface area contributed by atoms with Crippen LogP contribution in [0.1, 0.15) is 18.2 Å². The Hall–Kier alpha value is -2.67. The zero-order valence-corrected chi connectivity index (χ0v) is 20.0. The highest BCUT2D eigenvalue weighted by atomic mass is 35.5. The van der Waals surface area contributed by atoms with E-state index in [0.717, 1.165) is 81.9 Å². The van der Waals surface area contributed by atoms with E-state index in [1.807, 2.05) is 6.20 Å². The van der Waals surface area contributed by atoms with Crippen LogP contribution in [-0.2, 0) is 4.74 Å². The summed E-state index contributed by atoms with van der Waals surface area (Å²) in [5.41, 5.74) is 2.06. The van der Waals surface area contributed by atoms with Crippen LogP contribution in [0.3, 0.4) is 0 Å². The first-order chi connectivity index (χ1) is 15.8. The zero-order valence-electron chi connectivity index (χ0n) is 19.2. The largest absolute Gasteiger partial charge is 0.378 e. The Bertz CT molecular complexity index is 1070. The third-order valence-corrected chi connectivity index (χ3v) is 6.41. The molecule has 2 aliphatic heterocycles. The average Bonchev–Trinajstić information content (AvgIpc) is 2.88. The molecule has 5 rings (SSSR count). The third-order valence-electron chi connectivity index (χ3n) is 6.41. The van der Waals surface area contributed by atoms with Crippen molar-refractivity contribution in [3.8, 4) is 0 Å². The number of piperazine rings is 1. The van der Waals surface area contributed by atoms with Gasteiger partial charge in [0, 0.05) is 50.9 Å². The van der Waals surface area contributed by atoms with Gasteiger partial charge in [-0.25, -0.2) is 9.97 Å². The molecule has 0 radical (unpaired) electrons. The van der Waals surface area contributed by atoms with Gasteiger partial charge >= 0.3 is 0 Å². The Balaban J connectivity index is 0.00000259. The van der Waals surface area contributed by atoms with Crippen LogP contribution >= 0.6 is 12.4 Å². The second-order valence-electron chi connectivity index (χ2n) is 8.40. The van der Waals surface area contributed by atoms with E-state index >= 15 is 0 Å². The summed E-state index contributed by atoms with van der Waals surface area (Å²) in [6, 6.07) is 15.0. The number of pyridine rings is 2. The number of halogens is 1. The van der Waals surface area contributed by atoms with Crippen molar-refractivity contribution in [3.63, 3.8) is 0 Å². The van der Waals surface area contributed by atoms with E-state index in [2.05, 4.69) is 81.2 Å². The van der Waals surface area contributed by atoms with E-state index in [-0.39, 0.29) is 12.4 Å². The Morgan fingerprint density at radius 1 is 0.909 bits per heavy atom. The van der Waals surface area contributed by atoms with Crippen LogP contribution in [-0.4, -0.2) is 73.9 Å². The summed E-state index contributed by atoms with van der Waals surface area (Å²) in [5.74, 6) is 2.11. The van der Waals surface area contributed by atoms with Crippen LogP contribution in [0.2, 0.25) is 0 Å². The minimum Gasteiger partial charge on any atom is -0.378 e. The molecule has 7 heteroatoms. The quantitative estimate of drug-likeness (QED) is 0.562. The summed E-state index contributed by atoms with van der Waals surface area (Å²) in [5, 5.41) is 2.46. The Morgan fingerprint density at radius 3 is 2.42 bits per heavy atom. The first-order valence-corrected chi connectivity index (χ1v) is 11.6. The predicted octanol–water partition coefficient (Wildman–Crippen LogP) is 4.20. The number of rotatable bonds is 5. The van der Waals surface area contributed by atoms with E-state index in [9.17, 15) is 0 Å². The van der Waals surface area contributed by atoms with Crippen LogP contribution in [0.5, 0.6) is 0 Å². The molecular weight excluding hydrogens is 434 g/mol. The molecular formula is C26H32ClN5O. The second kappa shape index (κ2) is 11.0. The number of anilines is 2. The zero-order chi connectivity index (χ0) is 21.8. The van der Waals surface area contributed by atoms with Gasteiger partial charge in [0.2, 0.25) is 0 Å². The molecule has 0 amide bonds. The van der Waals surface area contributed by atoms with Gasteiger partial charge in [0.15, 0.2) is 0 Å². The monoisotopic (exact) mass is 465 g/mol. The first-order valence-electron chi connectivity index (χ1n) is 11.6. The SMILES string of the molecule is CCN1CCN(c2nc(/C=C/c3ccc(N4CCOCC4)nc3)cc3ccccc23)CC1.Cl. The summed E-state index contributed by atoms with van der Waals surface area (Å²) in [6.45, 7) is 10.9. The van der Waals surface area contributed by atoms with Gasteiger partial charge in [0.25, 0.3) is 0 Å². The summed E-state index contributed by atoms with van der Waals surface area (Å²) in [4.78, 5) is 16.9. The van der Waals surface area contributed by atoms with E-state index in [1.165, 1.54) is 10.8 Å². The van der Waals surface area contributed by atoms with Crippen molar-refractivity contribution in [1.29, 1.82) is 0 Å². The number of ether oxygens (including phenoxy) is 1. The maximum absolute atomic E-state index is 5.43. The Morgan fingerprint density at radius 2 is 1.70 bits per heavy atom. The molecule has 4 heterocycles. The highest BCUT2D eigenvalue weighted by Gasteiger charge is 2.19. The summed E-state index contributed by atoms with van der Waals surface area (Å²) in [7, 11) is 0. The maximum Gasteiger partial charge on any atom is 0.137 e. The predicted molar refractivity (Wildman–Crippen MR) is 140 cm³/mol. The van der Waals surface area contributed by atoms with Crippen LogP contribution in [0, 0.1) is 0 Å². The van der Waals surface area contributed by atoms with Crippen molar-refractivity contribution >= 4 is 47.0 Å². The van der Waals surface area contributed by atoms with Crippen molar-refractivity contribution < 1.29 is 4.74 Å². The molecule has 0 bridgehead atoms. The average molecular weight is 466 g/mol. The highest BCUT2D eigenvalue weighted by Crippen LogP contribution is 2.27. The van der Waals surface area contributed by atoms with Crippen molar-refractivity contribution in [3.05, 3.63) is 59.9 Å². The second-order valence-corrected chi connectivity index (χ2v) is 8.40. The van der Waals surface area contributed by atoms with Crippen molar-refractivity contribution in [2.24, 2.45) is 0 Å². The number of nitrogens with zero attached hydrogens (tertiary/aromatic N) is 5. The topological polar surface area (TPSA) is 44.7 Å². The van der Waals surface area contributed by atoms with Crippen molar-refractivity contribution in [2.75, 3.05) is 68.8 Å². The van der Waals surface area contributed by atoms with Gasteiger partial charge < -0.3 is 19.4 Å². The Labute approximate surface area is 202 Å². The summed E-state index contributed by atoms with van der Waals surface area (Å²) in [6.07, 6.45) is 6.14. The molecule has 2 saturated heterocycles. The lowest BCUT2D eigenvalue weighted by molar-refractivity contribution is 0.122. The lowest BCUT2D eigenvalue weighted by Gasteiger charge is -2.35. The molecule has 1 aromatic carbocycles. The van der Waals surface area contributed by atoms with E-state index < -0.39 is 0 Å². The van der Waals surface area contributed by atoms with Gasteiger partial charge in [-0.05, 0) is 41.8 Å². The van der Waals surface area contributed by atoms with Gasteiger partial charge in [-0.3, -0.25) is 0 Å². The molecule has 0 saturated carbocycles. The van der Waals surface area contributed by atoms with Gasteiger partial charge in [0.1, 0.15) is 11.6 Å². The molecule has 0 spiro atoms. The molecule has 0 N–H and O–H groups in total. The number of hydrogen-bond donors (Lipinski definition) is 0. The fourth-order valence-corrected chi connectivity index (χ4v) is 4.46. The van der Waals surface area contributed by atoms with Gasteiger partial charge in [-0.15, -0.1) is 12.4 Å². The smallest absolute Gasteiger partial charge is 0.137 e. The molecule has 2 aliphatic rings. The molecule has 6 nitrogen and oxygen atoms in total. The highest BCUT2D eigenvalue weighted by molar-refractivity contribution is 5.94. The molecule has 3 aromatic rings. The third kappa shape index (κ3) is 5.46. The normalized spacial score (nSPS) is 17.5. The van der Waals surface area contributed by atoms with Crippen molar-refractivity contribution in [2.45, 2.75) is 6.92 Å². The van der Waals surface area contributed by atoms with E-state index in [4.69, 9.17) is 9.72 Å². The number of likely N-dealkylation sites (N-methyl/N-ethyl adjacent to an activating group) is 1. The fourth-order valence-electron chi connectivity index (χ4n) is 4.46. The number of aromatic nitrogens is 2. The molecule has 0 aliphatic carbocycles. The van der Waals surface area contributed by atoms with Gasteiger partial charge in [0.05, 0.1) is 18.9 Å². The molecule has 2 aromatic heterocycles. The lowest BCUT2D eigenvalue weighted by atomic mass is 10.1. The maximum atomic E-state index is 5.43. The minimum absolute atomic E-state index is 0. The van der Waals surface area contributed by atoms with Crippen LogP contribution in [0.15, 0.2) is 48.7 Å². The summed E-state index contributed by atoms with van der Waals surface area (Å²) < 4.78 is 5.43. The number of morpholine rings is 1. The first kappa shape index (κ1) is 23.5. The fraction of sp³-hybridized carbons (Fsp3) is 0.385. The minimum atomic E-state index is 0. The Kier molecular flexibility index (Phi) is 7.81. The van der Waals surface area contributed by atoms with Gasteiger partial charge in [-0.2, -0.15) is 0 Å². The van der Waals surface area contributed by atoms with Crippen LogP contribution in [0.25, 0.3) is 22.9 Å². The standard InChI is InChI=1S/C26H31N5O.ClH/c1-2-29-11-13-31(14-12-29)26-24-6-4-3-5-22(24)19-23(28-26)9-7-21-8-10-25(27-20-21)30-15-17-32-18-16-30;/h3-10,19-20H,2,11-18H2,1H3;1H/b9-7+;. The summed E-state index contributed by atoms with van der Waals surface area (Å²) >= 11 is 0. The number of hydrogen-bond acceptors (Lipinski definition) is 6. The van der Waals surface area contributed by atoms with E-state index in [1.54, 1.807) is 0 Å². The van der Waals surface area contributed by atoms with Crippen LogP contribution < -0.4 is 9.80 Å². The molecule has 0 unspecified atom stereocenters. The number of fused-ring (bicyclic) bond motifs is 1. The molecule has 0 atom stereocenters. The van der Waals surface area contributed by atoms with E-state index in [0.29, 0.717) is 0 Å².